The summed E-state index contributed by atoms with van der Waals surface area (Å²) < 4.78 is 17.9. The van der Waals surface area contributed by atoms with Crippen molar-refractivity contribution in [1.29, 1.82) is 0 Å². The first-order chi connectivity index (χ1) is 9.85. The van der Waals surface area contributed by atoms with Crippen molar-refractivity contribution < 1.29 is 14.2 Å². The molecule has 0 bridgehead atoms. The Bertz CT molecular complexity index is 797. The average molecular weight is 269 g/mol. The van der Waals surface area contributed by atoms with E-state index >= 15 is 0 Å². The summed E-state index contributed by atoms with van der Waals surface area (Å²) in [4.78, 5) is 4.18. The number of aromatic nitrogens is 3. The Morgan fingerprint density at radius 3 is 2.90 bits per heavy atom. The van der Waals surface area contributed by atoms with E-state index < -0.39 is 0 Å². The van der Waals surface area contributed by atoms with Crippen molar-refractivity contribution >= 4 is 5.65 Å². The van der Waals surface area contributed by atoms with E-state index in [2.05, 4.69) is 10.1 Å². The molecule has 1 aliphatic rings. The maximum Gasteiger partial charge on any atom is 0.231 e. The molecule has 100 valence electrons. The fourth-order valence-electron chi connectivity index (χ4n) is 2.25. The minimum Gasteiger partial charge on any atom is -0.496 e. The van der Waals surface area contributed by atoms with Crippen LogP contribution in [0, 0.1) is 0 Å². The number of nitrogens with zero attached hydrogens (tertiary/aromatic N) is 3. The molecule has 1 aromatic carbocycles. The summed E-state index contributed by atoms with van der Waals surface area (Å²) in [6.07, 6.45) is 3.52. The van der Waals surface area contributed by atoms with Crippen molar-refractivity contribution in [3.8, 4) is 28.5 Å². The van der Waals surface area contributed by atoms with E-state index in [-0.39, 0.29) is 6.79 Å². The van der Waals surface area contributed by atoms with Gasteiger partial charge in [-0.05, 0) is 18.2 Å². The van der Waals surface area contributed by atoms with E-state index in [9.17, 15) is 0 Å². The van der Waals surface area contributed by atoms with E-state index in [0.717, 1.165) is 16.9 Å². The Hall–Kier alpha value is -2.76. The lowest BCUT2D eigenvalue weighted by Crippen LogP contribution is -1.95. The molecule has 6 nitrogen and oxygen atoms in total. The molecule has 0 saturated heterocycles. The highest BCUT2D eigenvalue weighted by molar-refractivity contribution is 5.72. The molecule has 0 amide bonds. The highest BCUT2D eigenvalue weighted by Gasteiger charge is 2.19. The molecule has 0 N–H and O–H groups in total. The molecule has 0 radical (unpaired) electrons. The van der Waals surface area contributed by atoms with Crippen molar-refractivity contribution in [3.05, 3.63) is 36.7 Å². The lowest BCUT2D eigenvalue weighted by molar-refractivity contribution is 0.174. The summed E-state index contributed by atoms with van der Waals surface area (Å²) in [7, 11) is 1.62. The highest BCUT2D eigenvalue weighted by atomic mass is 16.7. The molecule has 0 atom stereocenters. The first-order valence-electron chi connectivity index (χ1n) is 6.13. The van der Waals surface area contributed by atoms with Crippen LogP contribution in [0.3, 0.4) is 0 Å². The van der Waals surface area contributed by atoms with Crippen LogP contribution >= 0.6 is 0 Å². The molecule has 3 aromatic rings. The summed E-state index contributed by atoms with van der Waals surface area (Å²) in [6, 6.07) is 7.51. The topological polar surface area (TPSA) is 57.9 Å². The molecule has 0 spiro atoms. The third-order valence-corrected chi connectivity index (χ3v) is 3.23. The fraction of sp³-hybridized carbons (Fsp3) is 0.143. The van der Waals surface area contributed by atoms with Crippen LogP contribution in [0.25, 0.3) is 16.9 Å². The molecule has 4 rings (SSSR count). The smallest absolute Gasteiger partial charge is 0.231 e. The summed E-state index contributed by atoms with van der Waals surface area (Å²) >= 11 is 0. The van der Waals surface area contributed by atoms with Gasteiger partial charge < -0.3 is 14.2 Å². The molecule has 3 heterocycles. The molecule has 1 aliphatic heterocycles. The van der Waals surface area contributed by atoms with Crippen molar-refractivity contribution in [2.75, 3.05) is 13.9 Å². The van der Waals surface area contributed by atoms with Gasteiger partial charge in [-0.3, -0.25) is 0 Å². The second-order valence-electron chi connectivity index (χ2n) is 4.35. The minimum atomic E-state index is 0.232. The Morgan fingerprint density at radius 1 is 1.20 bits per heavy atom. The lowest BCUT2D eigenvalue weighted by Gasteiger charge is -2.09. The Morgan fingerprint density at radius 2 is 2.05 bits per heavy atom. The number of hydrogen-bond acceptors (Lipinski definition) is 5. The fourth-order valence-corrected chi connectivity index (χ4v) is 2.25. The van der Waals surface area contributed by atoms with Crippen molar-refractivity contribution in [2.45, 2.75) is 0 Å². The third kappa shape index (κ3) is 1.58. The molecule has 0 fully saturated rings. The molecule has 0 saturated carbocycles. The van der Waals surface area contributed by atoms with Gasteiger partial charge in [0.05, 0.1) is 12.8 Å². The van der Waals surface area contributed by atoms with Crippen molar-refractivity contribution in [2.24, 2.45) is 0 Å². The summed E-state index contributed by atoms with van der Waals surface area (Å²) in [5.41, 5.74) is 2.44. The van der Waals surface area contributed by atoms with Gasteiger partial charge in [0.25, 0.3) is 0 Å². The summed E-state index contributed by atoms with van der Waals surface area (Å²) in [6.45, 7) is 0.232. The molecule has 0 unspecified atom stereocenters. The van der Waals surface area contributed by atoms with Crippen LogP contribution < -0.4 is 14.2 Å². The van der Waals surface area contributed by atoms with Gasteiger partial charge >= 0.3 is 0 Å². The number of rotatable bonds is 2. The Kier molecular flexibility index (Phi) is 2.29. The van der Waals surface area contributed by atoms with Gasteiger partial charge in [0.2, 0.25) is 6.79 Å². The zero-order valence-electron chi connectivity index (χ0n) is 10.7. The van der Waals surface area contributed by atoms with Gasteiger partial charge in [0, 0.05) is 24.0 Å². The van der Waals surface area contributed by atoms with Crippen LogP contribution in [0.1, 0.15) is 0 Å². The highest BCUT2D eigenvalue weighted by Crippen LogP contribution is 2.41. The zero-order chi connectivity index (χ0) is 13.5. The van der Waals surface area contributed by atoms with E-state index in [1.54, 1.807) is 24.0 Å². The molecular weight excluding hydrogens is 258 g/mol. The van der Waals surface area contributed by atoms with E-state index in [4.69, 9.17) is 14.2 Å². The maximum atomic E-state index is 5.42. The molecule has 2 aromatic heterocycles. The minimum absolute atomic E-state index is 0.232. The van der Waals surface area contributed by atoms with Crippen LogP contribution in [-0.2, 0) is 0 Å². The molecule has 0 aliphatic carbocycles. The van der Waals surface area contributed by atoms with Crippen LogP contribution in [0.15, 0.2) is 36.7 Å². The number of hydrogen-bond donors (Lipinski definition) is 0. The van der Waals surface area contributed by atoms with E-state index in [1.807, 2.05) is 24.3 Å². The van der Waals surface area contributed by atoms with Crippen LogP contribution in [0.2, 0.25) is 0 Å². The Labute approximate surface area is 114 Å². The predicted octanol–water partition coefficient (Wildman–Crippen LogP) is 2.13. The van der Waals surface area contributed by atoms with E-state index in [1.165, 1.54) is 0 Å². The summed E-state index contributed by atoms with van der Waals surface area (Å²) in [5.74, 6) is 2.09. The second kappa shape index (κ2) is 4.12. The maximum absolute atomic E-state index is 5.42. The third-order valence-electron chi connectivity index (χ3n) is 3.23. The largest absolute Gasteiger partial charge is 0.496 e. The van der Waals surface area contributed by atoms with Gasteiger partial charge in [0.15, 0.2) is 17.1 Å². The van der Waals surface area contributed by atoms with Crippen LogP contribution in [-0.4, -0.2) is 28.5 Å². The molecule has 20 heavy (non-hydrogen) atoms. The van der Waals surface area contributed by atoms with Crippen molar-refractivity contribution in [1.82, 2.24) is 14.6 Å². The van der Waals surface area contributed by atoms with E-state index in [0.29, 0.717) is 17.2 Å². The molecular formula is C14H11N3O3. The summed E-state index contributed by atoms with van der Waals surface area (Å²) in [5, 5.41) is 4.52. The molecule has 6 heteroatoms. The van der Waals surface area contributed by atoms with Gasteiger partial charge in [-0.2, -0.15) is 5.10 Å². The van der Waals surface area contributed by atoms with Gasteiger partial charge in [-0.15, -0.1) is 0 Å². The standard InChI is InChI=1S/C14H11N3O3/c1-18-11-7-13-12(19-8-20-13)6-9(11)10-2-3-14-15-4-5-17(14)16-10/h2-7H,8H2,1H3. The first kappa shape index (κ1) is 11.1. The zero-order valence-corrected chi connectivity index (χ0v) is 10.7. The van der Waals surface area contributed by atoms with Crippen molar-refractivity contribution in [3.63, 3.8) is 0 Å². The Balaban J connectivity index is 1.91. The normalized spacial score (nSPS) is 12.8. The predicted molar refractivity (Wildman–Crippen MR) is 71.1 cm³/mol. The number of ether oxygens (including phenoxy) is 3. The number of methoxy groups -OCH3 is 1. The van der Waals surface area contributed by atoms with Crippen LogP contribution in [0.5, 0.6) is 17.2 Å². The van der Waals surface area contributed by atoms with Gasteiger partial charge in [-0.25, -0.2) is 9.50 Å². The second-order valence-corrected chi connectivity index (χ2v) is 4.35. The number of imidazole rings is 1. The first-order valence-corrected chi connectivity index (χ1v) is 6.13. The number of fused-ring (bicyclic) bond motifs is 2. The SMILES string of the molecule is COc1cc2c(cc1-c1ccc3nccn3n1)OCO2. The van der Waals surface area contributed by atoms with Crippen LogP contribution in [0.4, 0.5) is 0 Å². The number of benzene rings is 1. The van der Waals surface area contributed by atoms with Gasteiger partial charge in [-0.1, -0.05) is 0 Å². The van der Waals surface area contributed by atoms with Gasteiger partial charge in [0.1, 0.15) is 5.75 Å². The quantitative estimate of drug-likeness (QED) is 0.713. The lowest BCUT2D eigenvalue weighted by atomic mass is 10.1. The average Bonchev–Trinajstić information content (AvgIpc) is 3.13. The monoisotopic (exact) mass is 269 g/mol.